The Balaban J connectivity index is 1.74. The molecule has 0 saturated heterocycles. The Bertz CT molecular complexity index is 1070. The first-order valence-electron chi connectivity index (χ1n) is 10.8. The largest absolute Gasteiger partial charge is 0.463 e. The number of fused-ring (bicyclic) bond motifs is 1. The van der Waals surface area contributed by atoms with E-state index in [2.05, 4.69) is 31.8 Å². The van der Waals surface area contributed by atoms with E-state index in [0.29, 0.717) is 12.2 Å². The highest BCUT2D eigenvalue weighted by molar-refractivity contribution is 5.95. The third-order valence-electron chi connectivity index (χ3n) is 5.92. The van der Waals surface area contributed by atoms with Gasteiger partial charge in [0.15, 0.2) is 0 Å². The molecule has 0 aliphatic carbocycles. The van der Waals surface area contributed by atoms with Crippen LogP contribution in [-0.4, -0.2) is 47.8 Å². The Labute approximate surface area is 190 Å². The molecule has 1 aromatic heterocycles. The molecule has 4 rings (SSSR count). The maximum absolute atomic E-state index is 13.0. The van der Waals surface area contributed by atoms with Gasteiger partial charge >= 0.3 is 18.6 Å². The van der Waals surface area contributed by atoms with Gasteiger partial charge in [0.25, 0.3) is 0 Å². The number of rotatable bonds is 7. The van der Waals surface area contributed by atoms with Gasteiger partial charge in [-0.25, -0.2) is 9.59 Å². The fraction of sp³-hybridized carbons (Fsp3) is 0.391. The zero-order chi connectivity index (χ0) is 23.5. The number of nitrogens with one attached hydrogen (secondary N) is 2. The molecule has 2 amide bonds. The lowest BCUT2D eigenvalue weighted by Crippen LogP contribution is -2.49. The van der Waals surface area contributed by atoms with E-state index in [1.54, 1.807) is 25.1 Å². The number of aromatic nitrogens is 1. The van der Waals surface area contributed by atoms with E-state index in [4.69, 9.17) is 4.74 Å². The molecular weight excluding hydrogens is 434 g/mol. The van der Waals surface area contributed by atoms with Crippen LogP contribution in [-0.2, 0) is 16.1 Å². The van der Waals surface area contributed by atoms with E-state index < -0.39 is 24.7 Å². The summed E-state index contributed by atoms with van der Waals surface area (Å²) >= 11 is 0. The molecule has 0 radical (unpaired) electrons. The van der Waals surface area contributed by atoms with Crippen molar-refractivity contribution in [3.63, 3.8) is 0 Å². The van der Waals surface area contributed by atoms with Gasteiger partial charge in [-0.1, -0.05) is 18.2 Å². The molecule has 2 atom stereocenters. The predicted octanol–water partition coefficient (Wildman–Crippen LogP) is 3.34. The van der Waals surface area contributed by atoms with Gasteiger partial charge in [-0.05, 0) is 32.0 Å². The minimum atomic E-state index is -3.05. The molecule has 1 aromatic carbocycles. The monoisotopic (exact) mass is 460 g/mol. The van der Waals surface area contributed by atoms with Crippen LogP contribution < -0.4 is 15.4 Å². The Morgan fingerprint density at radius 1 is 1.21 bits per heavy atom. The van der Waals surface area contributed by atoms with E-state index >= 15 is 0 Å². The van der Waals surface area contributed by atoms with E-state index in [-0.39, 0.29) is 36.1 Å². The van der Waals surface area contributed by atoms with Gasteiger partial charge in [0, 0.05) is 48.8 Å². The number of ether oxygens (including phenoxy) is 2. The molecule has 2 unspecified atom stereocenters. The topological polar surface area (TPSA) is 84.8 Å². The number of carbonyl (C=O) groups excluding carboxylic acids is 2. The van der Waals surface area contributed by atoms with E-state index in [9.17, 15) is 18.4 Å². The summed E-state index contributed by atoms with van der Waals surface area (Å²) in [6, 6.07) is 8.62. The fourth-order valence-electron chi connectivity index (χ4n) is 4.39. The average Bonchev–Trinajstić information content (AvgIpc) is 3.25. The number of nitrogens with zero attached hydrogens (tertiary/aromatic N) is 2. The zero-order valence-corrected chi connectivity index (χ0v) is 18.4. The van der Waals surface area contributed by atoms with Crippen LogP contribution in [0.3, 0.4) is 0 Å². The molecule has 10 heteroatoms. The molecule has 33 heavy (non-hydrogen) atoms. The Hall–Kier alpha value is -3.40. The number of halogens is 2. The highest BCUT2D eigenvalue weighted by Gasteiger charge is 2.37. The average molecular weight is 460 g/mol. The van der Waals surface area contributed by atoms with Gasteiger partial charge in [-0.15, -0.1) is 0 Å². The van der Waals surface area contributed by atoms with Gasteiger partial charge in [-0.3, -0.25) is 4.90 Å². The summed E-state index contributed by atoms with van der Waals surface area (Å²) in [5.74, 6) is -0.755. The van der Waals surface area contributed by atoms with Crippen LogP contribution in [0.15, 0.2) is 53.9 Å². The molecular formula is C23H26F2N4O4. The number of benzene rings is 1. The molecule has 3 heterocycles. The number of hydrogen-bond acceptors (Lipinski definition) is 5. The molecule has 0 bridgehead atoms. The summed E-state index contributed by atoms with van der Waals surface area (Å²) in [5.41, 5.74) is 1.91. The first kappa shape index (κ1) is 22.8. The number of carbonyl (C=O) groups is 2. The van der Waals surface area contributed by atoms with Crippen molar-refractivity contribution in [2.45, 2.75) is 39.1 Å². The van der Waals surface area contributed by atoms with Crippen LogP contribution in [0.25, 0.3) is 0 Å². The van der Waals surface area contributed by atoms with Crippen LogP contribution in [0.4, 0.5) is 13.6 Å². The smallest absolute Gasteiger partial charge is 0.387 e. The van der Waals surface area contributed by atoms with Crippen molar-refractivity contribution in [3.05, 3.63) is 65.1 Å². The summed E-state index contributed by atoms with van der Waals surface area (Å²) in [6.45, 7) is 2.57. The van der Waals surface area contributed by atoms with Crippen LogP contribution in [0, 0.1) is 0 Å². The molecule has 176 valence electrons. The van der Waals surface area contributed by atoms with Crippen LogP contribution in [0.5, 0.6) is 5.75 Å². The van der Waals surface area contributed by atoms with Crippen molar-refractivity contribution >= 4 is 12.0 Å². The van der Waals surface area contributed by atoms with Gasteiger partial charge in [0.2, 0.25) is 0 Å². The number of amides is 2. The molecule has 2 aliphatic heterocycles. The third kappa shape index (κ3) is 4.70. The van der Waals surface area contributed by atoms with Crippen molar-refractivity contribution in [1.29, 1.82) is 0 Å². The first-order valence-corrected chi connectivity index (χ1v) is 10.8. The lowest BCUT2D eigenvalue weighted by Gasteiger charge is -2.37. The SMILES string of the molecule is CCOC(=O)C1=C(CN2CCn3cccc3C2C)NC(=O)NC1c1ccccc1OC(F)F. The van der Waals surface area contributed by atoms with Gasteiger partial charge < -0.3 is 24.7 Å². The Morgan fingerprint density at radius 3 is 2.76 bits per heavy atom. The lowest BCUT2D eigenvalue weighted by molar-refractivity contribution is -0.139. The van der Waals surface area contributed by atoms with E-state index in [1.165, 1.54) is 6.07 Å². The van der Waals surface area contributed by atoms with Gasteiger partial charge in [0.1, 0.15) is 5.75 Å². The number of para-hydroxylation sites is 1. The fourth-order valence-corrected chi connectivity index (χ4v) is 4.39. The second kappa shape index (κ2) is 9.62. The van der Waals surface area contributed by atoms with Crippen LogP contribution in [0.2, 0.25) is 0 Å². The first-order chi connectivity index (χ1) is 15.9. The third-order valence-corrected chi connectivity index (χ3v) is 5.92. The quantitative estimate of drug-likeness (QED) is 0.620. The summed E-state index contributed by atoms with van der Waals surface area (Å²) in [6.07, 6.45) is 2.02. The molecule has 8 nitrogen and oxygen atoms in total. The Morgan fingerprint density at radius 2 is 2.00 bits per heavy atom. The molecule has 2 N–H and O–H groups in total. The molecule has 2 aliphatic rings. The zero-order valence-electron chi connectivity index (χ0n) is 18.4. The number of alkyl halides is 2. The normalized spacial score (nSPS) is 20.8. The molecule has 0 fully saturated rings. The summed E-state index contributed by atoms with van der Waals surface area (Å²) < 4.78 is 38.1. The summed E-state index contributed by atoms with van der Waals surface area (Å²) in [7, 11) is 0. The van der Waals surface area contributed by atoms with Gasteiger partial charge in [-0.2, -0.15) is 8.78 Å². The summed E-state index contributed by atoms with van der Waals surface area (Å²) in [5, 5.41) is 5.41. The van der Waals surface area contributed by atoms with Crippen molar-refractivity contribution < 1.29 is 27.8 Å². The predicted molar refractivity (Wildman–Crippen MR) is 116 cm³/mol. The molecule has 0 spiro atoms. The molecule has 0 saturated carbocycles. The number of urea groups is 1. The highest BCUT2D eigenvalue weighted by atomic mass is 19.3. The van der Waals surface area contributed by atoms with Crippen LogP contribution in [0.1, 0.15) is 37.2 Å². The molecule has 2 aromatic rings. The van der Waals surface area contributed by atoms with E-state index in [1.807, 2.05) is 18.3 Å². The highest BCUT2D eigenvalue weighted by Crippen LogP contribution is 2.35. The number of hydrogen-bond donors (Lipinski definition) is 2. The van der Waals surface area contributed by atoms with Gasteiger partial charge in [0.05, 0.1) is 18.2 Å². The van der Waals surface area contributed by atoms with Crippen molar-refractivity contribution in [2.75, 3.05) is 19.7 Å². The van der Waals surface area contributed by atoms with Crippen LogP contribution >= 0.6 is 0 Å². The lowest BCUT2D eigenvalue weighted by atomic mass is 9.94. The van der Waals surface area contributed by atoms with Crippen molar-refractivity contribution in [1.82, 2.24) is 20.1 Å². The standard InChI is InChI=1S/C23H26F2N4O4/c1-3-32-21(30)19-16(13-29-12-11-28-10-6-8-17(28)14(29)2)26-23(31)27-20(19)15-7-4-5-9-18(15)33-22(24)25/h4-10,14,20,22H,3,11-13H2,1-2H3,(H2,26,27,31). The van der Waals surface area contributed by atoms with E-state index in [0.717, 1.165) is 12.2 Å². The van der Waals surface area contributed by atoms with Crippen molar-refractivity contribution in [2.24, 2.45) is 0 Å². The number of esters is 1. The second-order valence-electron chi connectivity index (χ2n) is 7.83. The van der Waals surface area contributed by atoms with Crippen molar-refractivity contribution in [3.8, 4) is 5.75 Å². The minimum Gasteiger partial charge on any atom is -0.463 e. The maximum atomic E-state index is 13.0. The minimum absolute atomic E-state index is 0.0457. The summed E-state index contributed by atoms with van der Waals surface area (Å²) in [4.78, 5) is 27.8. The second-order valence-corrected chi connectivity index (χ2v) is 7.83. The Kier molecular flexibility index (Phi) is 6.64. The maximum Gasteiger partial charge on any atom is 0.387 e.